The Kier molecular flexibility index (Phi) is 8.12. The zero-order chi connectivity index (χ0) is 36.6. The van der Waals surface area contributed by atoms with Crippen LogP contribution in [-0.4, -0.2) is 15.0 Å². The van der Waals surface area contributed by atoms with E-state index in [0.29, 0.717) is 17.5 Å². The van der Waals surface area contributed by atoms with Crippen LogP contribution in [0, 0.1) is 0 Å². The first-order valence-corrected chi connectivity index (χ1v) is 18.4. The lowest BCUT2D eigenvalue weighted by molar-refractivity contribution is 0.671. The number of hydrogen-bond acceptors (Lipinski definition) is 4. The predicted molar refractivity (Wildman–Crippen MR) is 225 cm³/mol. The first-order chi connectivity index (χ1) is 27.3. The zero-order valence-corrected chi connectivity index (χ0v) is 29.8. The molecule has 258 valence electrons. The highest BCUT2D eigenvalue weighted by Crippen LogP contribution is 2.44. The van der Waals surface area contributed by atoms with E-state index in [1.54, 1.807) is 0 Å². The monoisotopic (exact) mass is 703 g/mol. The number of nitrogens with zero attached hydrogens (tertiary/aromatic N) is 3. The maximum Gasteiger partial charge on any atom is 0.164 e. The van der Waals surface area contributed by atoms with Gasteiger partial charge in [-0.05, 0) is 45.5 Å². The quantitative estimate of drug-likeness (QED) is 0.166. The van der Waals surface area contributed by atoms with Gasteiger partial charge in [0.25, 0.3) is 0 Å². The molecule has 0 atom stereocenters. The molecule has 4 heteroatoms. The number of para-hydroxylation sites is 1. The van der Waals surface area contributed by atoms with Gasteiger partial charge in [-0.3, -0.25) is 0 Å². The van der Waals surface area contributed by atoms with Crippen molar-refractivity contribution in [2.45, 2.75) is 0 Å². The smallest absolute Gasteiger partial charge is 0.164 e. The van der Waals surface area contributed by atoms with Crippen LogP contribution < -0.4 is 0 Å². The van der Waals surface area contributed by atoms with Crippen LogP contribution in [0.15, 0.2) is 205 Å². The van der Waals surface area contributed by atoms with Crippen LogP contribution in [0.5, 0.6) is 0 Å². The molecule has 55 heavy (non-hydrogen) atoms. The molecule has 0 aliphatic rings. The third kappa shape index (κ3) is 6.06. The molecule has 0 bridgehead atoms. The van der Waals surface area contributed by atoms with Gasteiger partial charge in [0.2, 0.25) is 0 Å². The van der Waals surface area contributed by atoms with Crippen LogP contribution in [0.3, 0.4) is 0 Å². The molecule has 0 saturated heterocycles. The second kappa shape index (κ2) is 13.8. The molecular weight excluding hydrogens is 671 g/mol. The Hall–Kier alpha value is -7.43. The van der Waals surface area contributed by atoms with Crippen LogP contribution in [0.4, 0.5) is 0 Å². The number of aromatic nitrogens is 3. The van der Waals surface area contributed by atoms with Crippen molar-refractivity contribution in [3.05, 3.63) is 200 Å². The third-order valence-corrected chi connectivity index (χ3v) is 10.2. The van der Waals surface area contributed by atoms with Crippen molar-refractivity contribution in [1.82, 2.24) is 15.0 Å². The fourth-order valence-electron chi connectivity index (χ4n) is 7.42. The Bertz CT molecular complexity index is 2870. The minimum atomic E-state index is 0.578. The molecule has 0 aliphatic heterocycles. The van der Waals surface area contributed by atoms with Crippen molar-refractivity contribution in [2.75, 3.05) is 0 Å². The lowest BCUT2D eigenvalue weighted by atomic mass is 9.94. The molecule has 0 spiro atoms. The number of benzene rings is 8. The summed E-state index contributed by atoms with van der Waals surface area (Å²) in [5.74, 6) is 1.80. The standard InChI is InChI=1S/C51H33N3O/c1-5-14-34(15-6-1)36-24-28-38(29-25-36)42-22-13-23-43-44-32-33-45(46(48(44)55-47(42)43)39-30-26-37(27-31-39)35-16-7-2-8-17-35)51-53-49(40-18-9-3-10-19-40)52-50(54-51)41-20-11-4-12-21-41/h1-33H. The summed E-state index contributed by atoms with van der Waals surface area (Å²) in [6.07, 6.45) is 0. The van der Waals surface area contributed by atoms with Gasteiger partial charge in [-0.1, -0.05) is 188 Å². The van der Waals surface area contributed by atoms with Crippen LogP contribution >= 0.6 is 0 Å². The summed E-state index contributed by atoms with van der Waals surface area (Å²) in [4.78, 5) is 15.3. The van der Waals surface area contributed by atoms with Gasteiger partial charge in [0.15, 0.2) is 17.5 Å². The van der Waals surface area contributed by atoms with Crippen molar-refractivity contribution in [3.8, 4) is 78.7 Å². The van der Waals surface area contributed by atoms with Gasteiger partial charge >= 0.3 is 0 Å². The predicted octanol–water partition coefficient (Wildman–Crippen LogP) is 13.4. The van der Waals surface area contributed by atoms with Gasteiger partial charge in [0, 0.05) is 38.6 Å². The lowest BCUT2D eigenvalue weighted by Gasteiger charge is -2.13. The Morgan fingerprint density at radius 3 is 1.20 bits per heavy atom. The molecule has 0 aliphatic carbocycles. The van der Waals surface area contributed by atoms with E-state index in [0.717, 1.165) is 72.0 Å². The van der Waals surface area contributed by atoms with Crippen LogP contribution in [0.25, 0.3) is 101 Å². The first kappa shape index (κ1) is 32.2. The van der Waals surface area contributed by atoms with Crippen molar-refractivity contribution in [2.24, 2.45) is 0 Å². The number of furan rings is 1. The van der Waals surface area contributed by atoms with Crippen molar-refractivity contribution >= 4 is 21.9 Å². The topological polar surface area (TPSA) is 51.8 Å². The van der Waals surface area contributed by atoms with E-state index in [4.69, 9.17) is 19.4 Å². The molecule has 4 nitrogen and oxygen atoms in total. The minimum absolute atomic E-state index is 0.578. The van der Waals surface area contributed by atoms with Crippen molar-refractivity contribution in [3.63, 3.8) is 0 Å². The summed E-state index contributed by atoms with van der Waals surface area (Å²) in [5.41, 5.74) is 13.1. The number of rotatable bonds is 7. The van der Waals surface area contributed by atoms with Gasteiger partial charge < -0.3 is 4.42 Å². The second-order valence-electron chi connectivity index (χ2n) is 13.6. The van der Waals surface area contributed by atoms with E-state index < -0.39 is 0 Å². The molecule has 0 N–H and O–H groups in total. The van der Waals surface area contributed by atoms with E-state index in [1.807, 2.05) is 72.8 Å². The summed E-state index contributed by atoms with van der Waals surface area (Å²) in [6.45, 7) is 0. The van der Waals surface area contributed by atoms with E-state index in [2.05, 4.69) is 127 Å². The molecule has 10 aromatic rings. The minimum Gasteiger partial charge on any atom is -0.455 e. The maximum atomic E-state index is 7.07. The molecule has 0 radical (unpaired) electrons. The maximum absolute atomic E-state index is 7.07. The summed E-state index contributed by atoms with van der Waals surface area (Å²) < 4.78 is 7.07. The molecule has 0 saturated carbocycles. The van der Waals surface area contributed by atoms with Crippen LogP contribution in [-0.2, 0) is 0 Å². The molecule has 8 aromatic carbocycles. The lowest BCUT2D eigenvalue weighted by Crippen LogP contribution is -2.01. The average molecular weight is 704 g/mol. The third-order valence-electron chi connectivity index (χ3n) is 10.2. The van der Waals surface area contributed by atoms with E-state index in [1.165, 1.54) is 11.1 Å². The molecule has 0 unspecified atom stereocenters. The highest BCUT2D eigenvalue weighted by Gasteiger charge is 2.22. The second-order valence-corrected chi connectivity index (χ2v) is 13.6. The summed E-state index contributed by atoms with van der Waals surface area (Å²) in [6, 6.07) is 69.2. The van der Waals surface area contributed by atoms with Crippen LogP contribution in [0.2, 0.25) is 0 Å². The van der Waals surface area contributed by atoms with Crippen molar-refractivity contribution in [1.29, 1.82) is 0 Å². The molecule has 0 amide bonds. The Labute approximate surface area is 319 Å². The SMILES string of the molecule is c1ccc(-c2ccc(-c3cccc4c3oc3c(-c5ccc(-c6ccccc6)cc5)c(-c5nc(-c6ccccc6)nc(-c6ccccc6)n5)ccc34)cc2)cc1. The molecule has 2 aromatic heterocycles. The molecule has 0 fully saturated rings. The highest BCUT2D eigenvalue weighted by atomic mass is 16.3. The van der Waals surface area contributed by atoms with Gasteiger partial charge in [-0.15, -0.1) is 0 Å². The summed E-state index contributed by atoms with van der Waals surface area (Å²) in [7, 11) is 0. The van der Waals surface area contributed by atoms with E-state index in [9.17, 15) is 0 Å². The molecular formula is C51H33N3O. The molecule has 10 rings (SSSR count). The largest absolute Gasteiger partial charge is 0.455 e. The van der Waals surface area contributed by atoms with Crippen LogP contribution in [0.1, 0.15) is 0 Å². The normalized spacial score (nSPS) is 11.3. The van der Waals surface area contributed by atoms with Gasteiger partial charge in [0.1, 0.15) is 11.2 Å². The van der Waals surface area contributed by atoms with E-state index in [-0.39, 0.29) is 0 Å². The van der Waals surface area contributed by atoms with Crippen molar-refractivity contribution < 1.29 is 4.42 Å². The fraction of sp³-hybridized carbons (Fsp3) is 0. The first-order valence-electron chi connectivity index (χ1n) is 18.4. The highest BCUT2D eigenvalue weighted by molar-refractivity contribution is 6.15. The summed E-state index contributed by atoms with van der Waals surface area (Å²) in [5, 5.41) is 2.09. The Morgan fingerprint density at radius 2 is 0.673 bits per heavy atom. The summed E-state index contributed by atoms with van der Waals surface area (Å²) >= 11 is 0. The number of hydrogen-bond donors (Lipinski definition) is 0. The average Bonchev–Trinajstić information content (AvgIpc) is 3.66. The van der Waals surface area contributed by atoms with Gasteiger partial charge in [0.05, 0.1) is 0 Å². The van der Waals surface area contributed by atoms with Gasteiger partial charge in [-0.2, -0.15) is 0 Å². The zero-order valence-electron chi connectivity index (χ0n) is 29.8. The Morgan fingerprint density at radius 1 is 0.255 bits per heavy atom. The fourth-order valence-corrected chi connectivity index (χ4v) is 7.42. The Balaban J connectivity index is 1.20. The number of fused-ring (bicyclic) bond motifs is 3. The molecule has 2 heterocycles. The van der Waals surface area contributed by atoms with E-state index >= 15 is 0 Å². The van der Waals surface area contributed by atoms with Gasteiger partial charge in [-0.25, -0.2) is 15.0 Å².